The highest BCUT2D eigenvalue weighted by Crippen LogP contribution is 2.35. The third kappa shape index (κ3) is 7.84. The lowest BCUT2D eigenvalue weighted by Gasteiger charge is -2.14. The highest BCUT2D eigenvalue weighted by Gasteiger charge is 2.15. The van der Waals surface area contributed by atoms with Crippen LogP contribution in [0.5, 0.6) is 11.5 Å². The second-order valence-corrected chi connectivity index (χ2v) is 8.88. The predicted octanol–water partition coefficient (Wildman–Crippen LogP) is 6.80. The van der Waals surface area contributed by atoms with Crippen LogP contribution in [0.1, 0.15) is 35.3 Å². The summed E-state index contributed by atoms with van der Waals surface area (Å²) in [7, 11) is 0. The lowest BCUT2D eigenvalue weighted by molar-refractivity contribution is -0.112. The fourth-order valence-corrected chi connectivity index (χ4v) is 3.75. The summed E-state index contributed by atoms with van der Waals surface area (Å²) < 4.78 is 17.3. The average molecular weight is 584 g/mol. The molecule has 7 nitrogen and oxygen atoms in total. The number of nitrogens with zero attached hydrogens (tertiary/aromatic N) is 1. The number of halogens is 2. The van der Waals surface area contributed by atoms with E-state index < -0.39 is 11.9 Å². The Hall–Kier alpha value is -3.80. The van der Waals surface area contributed by atoms with Crippen molar-refractivity contribution in [1.29, 1.82) is 5.26 Å². The standard InChI is InChI=1S/C28H24BrClN2O5/c1-3-35-25-14-20(24(29)15-26(25)37-17-18-5-9-22(30)10-6-18)13-21(16-31)27(33)32-23-11-7-19(8-12-23)28(34)36-4-2/h5-15H,3-4,17H2,1-2H3,(H,32,33)/b21-13+. The fourth-order valence-electron chi connectivity index (χ4n) is 3.19. The smallest absolute Gasteiger partial charge is 0.338 e. The maximum atomic E-state index is 12.8. The molecule has 190 valence electrons. The normalized spacial score (nSPS) is 10.8. The summed E-state index contributed by atoms with van der Waals surface area (Å²) in [6.07, 6.45) is 1.46. The number of rotatable bonds is 10. The number of hydrogen-bond donors (Lipinski definition) is 1. The van der Waals surface area contributed by atoms with E-state index in [0.29, 0.717) is 51.0 Å². The number of hydrogen-bond acceptors (Lipinski definition) is 6. The summed E-state index contributed by atoms with van der Waals surface area (Å²) >= 11 is 9.44. The van der Waals surface area contributed by atoms with Crippen LogP contribution in [0.15, 0.2) is 70.7 Å². The van der Waals surface area contributed by atoms with Gasteiger partial charge >= 0.3 is 5.97 Å². The number of carbonyl (C=O) groups is 2. The van der Waals surface area contributed by atoms with E-state index in [4.69, 9.17) is 25.8 Å². The molecule has 0 aliphatic rings. The van der Waals surface area contributed by atoms with E-state index in [2.05, 4.69) is 21.2 Å². The van der Waals surface area contributed by atoms with E-state index in [1.807, 2.05) is 25.1 Å². The highest BCUT2D eigenvalue weighted by molar-refractivity contribution is 9.10. The maximum absolute atomic E-state index is 12.8. The molecule has 0 fully saturated rings. The van der Waals surface area contributed by atoms with Crippen molar-refractivity contribution in [1.82, 2.24) is 0 Å². The van der Waals surface area contributed by atoms with E-state index in [-0.39, 0.29) is 12.2 Å². The van der Waals surface area contributed by atoms with Gasteiger partial charge in [-0.25, -0.2) is 4.79 Å². The van der Waals surface area contributed by atoms with Gasteiger partial charge in [0.2, 0.25) is 0 Å². The van der Waals surface area contributed by atoms with Crippen molar-refractivity contribution in [2.75, 3.05) is 18.5 Å². The van der Waals surface area contributed by atoms with Crippen LogP contribution >= 0.6 is 27.5 Å². The summed E-state index contributed by atoms with van der Waals surface area (Å²) in [6.45, 7) is 4.54. The molecule has 0 radical (unpaired) electrons. The van der Waals surface area contributed by atoms with Crippen LogP contribution in [0.3, 0.4) is 0 Å². The largest absolute Gasteiger partial charge is 0.490 e. The number of ether oxygens (including phenoxy) is 3. The van der Waals surface area contributed by atoms with Gasteiger partial charge in [0.25, 0.3) is 5.91 Å². The van der Waals surface area contributed by atoms with Gasteiger partial charge in [-0.05, 0) is 79.6 Å². The molecule has 3 aromatic carbocycles. The van der Waals surface area contributed by atoms with Gasteiger partial charge in [0, 0.05) is 15.2 Å². The molecule has 1 amide bonds. The first kappa shape index (κ1) is 27.8. The third-order valence-electron chi connectivity index (χ3n) is 4.99. The minimum Gasteiger partial charge on any atom is -0.490 e. The van der Waals surface area contributed by atoms with E-state index in [0.717, 1.165) is 5.56 Å². The molecule has 0 unspecified atom stereocenters. The van der Waals surface area contributed by atoms with Crippen molar-refractivity contribution in [2.45, 2.75) is 20.5 Å². The Balaban J connectivity index is 1.78. The lowest BCUT2D eigenvalue weighted by Crippen LogP contribution is -2.13. The number of nitrogens with one attached hydrogen (secondary N) is 1. The summed E-state index contributed by atoms with van der Waals surface area (Å²) in [5.41, 5.74) is 2.17. The van der Waals surface area contributed by atoms with Gasteiger partial charge in [0.15, 0.2) is 11.5 Å². The summed E-state index contributed by atoms with van der Waals surface area (Å²) in [4.78, 5) is 24.6. The Kier molecular flexibility index (Phi) is 10.1. The minimum atomic E-state index is -0.598. The average Bonchev–Trinajstić information content (AvgIpc) is 2.89. The second-order valence-electron chi connectivity index (χ2n) is 7.59. The van der Waals surface area contributed by atoms with Crippen molar-refractivity contribution in [3.63, 3.8) is 0 Å². The van der Waals surface area contributed by atoms with Crippen molar-refractivity contribution < 1.29 is 23.8 Å². The Bertz CT molecular complexity index is 1330. The van der Waals surface area contributed by atoms with Crippen LogP contribution in [0.4, 0.5) is 5.69 Å². The molecule has 0 spiro atoms. The molecule has 3 rings (SSSR count). The van der Waals surface area contributed by atoms with Crippen LogP contribution < -0.4 is 14.8 Å². The highest BCUT2D eigenvalue weighted by atomic mass is 79.9. The zero-order valence-electron chi connectivity index (χ0n) is 20.2. The zero-order valence-corrected chi connectivity index (χ0v) is 22.6. The number of anilines is 1. The van der Waals surface area contributed by atoms with Crippen molar-refractivity contribution in [2.24, 2.45) is 0 Å². The number of nitriles is 1. The molecule has 0 aliphatic carbocycles. The molecule has 0 bridgehead atoms. The van der Waals surface area contributed by atoms with Crippen LogP contribution in [-0.2, 0) is 16.1 Å². The van der Waals surface area contributed by atoms with Crippen LogP contribution in [0.2, 0.25) is 5.02 Å². The molecule has 3 aromatic rings. The molecular formula is C28H24BrClN2O5. The van der Waals surface area contributed by atoms with E-state index in [1.54, 1.807) is 43.3 Å². The van der Waals surface area contributed by atoms with Gasteiger partial charge in [0.05, 0.1) is 18.8 Å². The topological polar surface area (TPSA) is 97.7 Å². The predicted molar refractivity (Wildman–Crippen MR) is 146 cm³/mol. The molecule has 1 N–H and O–H groups in total. The Labute approximate surface area is 228 Å². The van der Waals surface area contributed by atoms with E-state index >= 15 is 0 Å². The molecule has 0 atom stereocenters. The van der Waals surface area contributed by atoms with Gasteiger partial charge < -0.3 is 19.5 Å². The molecule has 0 heterocycles. The minimum absolute atomic E-state index is 0.118. The summed E-state index contributed by atoms with van der Waals surface area (Å²) in [6, 6.07) is 18.9. The van der Waals surface area contributed by atoms with Gasteiger partial charge in [-0.2, -0.15) is 5.26 Å². The quantitative estimate of drug-likeness (QED) is 0.160. The van der Waals surface area contributed by atoms with Crippen LogP contribution in [0, 0.1) is 11.3 Å². The Morgan fingerprint density at radius 3 is 2.30 bits per heavy atom. The van der Waals surface area contributed by atoms with Crippen LogP contribution in [0.25, 0.3) is 6.08 Å². The van der Waals surface area contributed by atoms with Crippen LogP contribution in [-0.4, -0.2) is 25.1 Å². The Morgan fingerprint density at radius 1 is 1.00 bits per heavy atom. The molecule has 9 heteroatoms. The zero-order chi connectivity index (χ0) is 26.8. The monoisotopic (exact) mass is 582 g/mol. The Morgan fingerprint density at radius 2 is 1.68 bits per heavy atom. The van der Waals surface area contributed by atoms with Gasteiger partial charge in [-0.15, -0.1) is 0 Å². The first-order chi connectivity index (χ1) is 17.8. The molecule has 0 aliphatic heterocycles. The third-order valence-corrected chi connectivity index (χ3v) is 5.93. The molecule has 0 saturated carbocycles. The van der Waals surface area contributed by atoms with Crippen molar-refractivity contribution >= 4 is 51.2 Å². The number of carbonyl (C=O) groups excluding carboxylic acids is 2. The van der Waals surface area contributed by atoms with Crippen molar-refractivity contribution in [3.8, 4) is 17.6 Å². The second kappa shape index (κ2) is 13.5. The van der Waals surface area contributed by atoms with E-state index in [1.165, 1.54) is 18.2 Å². The van der Waals surface area contributed by atoms with Gasteiger partial charge in [-0.3, -0.25) is 4.79 Å². The molecule has 0 saturated heterocycles. The van der Waals surface area contributed by atoms with Gasteiger partial charge in [0.1, 0.15) is 18.2 Å². The maximum Gasteiger partial charge on any atom is 0.338 e. The lowest BCUT2D eigenvalue weighted by atomic mass is 10.1. The summed E-state index contributed by atoms with van der Waals surface area (Å²) in [5.74, 6) is -0.0727. The van der Waals surface area contributed by atoms with Crippen molar-refractivity contribution in [3.05, 3.63) is 92.4 Å². The fraction of sp³-hybridized carbons (Fsp3) is 0.179. The number of amides is 1. The molecule has 37 heavy (non-hydrogen) atoms. The SMILES string of the molecule is CCOC(=O)c1ccc(NC(=O)/C(C#N)=C/c2cc(OCC)c(OCc3ccc(Cl)cc3)cc2Br)cc1. The first-order valence-electron chi connectivity index (χ1n) is 11.4. The number of benzene rings is 3. The molecule has 0 aromatic heterocycles. The van der Waals surface area contributed by atoms with Gasteiger partial charge in [-0.1, -0.05) is 39.7 Å². The first-order valence-corrected chi connectivity index (χ1v) is 12.6. The number of esters is 1. The molecular weight excluding hydrogens is 560 g/mol. The summed E-state index contributed by atoms with van der Waals surface area (Å²) in [5, 5.41) is 12.9. The van der Waals surface area contributed by atoms with E-state index in [9.17, 15) is 14.9 Å².